The predicted octanol–water partition coefficient (Wildman–Crippen LogP) is 2.84. The minimum atomic E-state index is -0.572. The Morgan fingerprint density at radius 1 is 1.35 bits per heavy atom. The van der Waals surface area contributed by atoms with Crippen LogP contribution in [0.15, 0.2) is 30.3 Å². The molecule has 1 N–H and O–H groups in total. The maximum atomic E-state index is 11.6. The van der Waals surface area contributed by atoms with Crippen LogP contribution in [-0.2, 0) is 11.2 Å². The van der Waals surface area contributed by atoms with Crippen LogP contribution in [0.2, 0.25) is 0 Å². The lowest BCUT2D eigenvalue weighted by atomic mass is 9.81. The largest absolute Gasteiger partial charge is 0.481 e. The third-order valence-corrected chi connectivity index (χ3v) is 4.93. The number of carbonyl (C=O) groups is 1. The number of likely N-dealkylation sites (tertiary alicyclic amines) is 1. The van der Waals surface area contributed by atoms with E-state index in [-0.39, 0.29) is 12.4 Å². The summed E-state index contributed by atoms with van der Waals surface area (Å²) in [6.45, 7) is 2.70. The molecule has 20 heavy (non-hydrogen) atoms. The number of aliphatic carboxylic acids is 1. The molecule has 1 aliphatic carbocycles. The van der Waals surface area contributed by atoms with Crippen molar-refractivity contribution in [2.24, 2.45) is 11.3 Å². The van der Waals surface area contributed by atoms with E-state index in [1.54, 1.807) is 0 Å². The van der Waals surface area contributed by atoms with E-state index in [1.807, 2.05) is 6.07 Å². The first-order chi connectivity index (χ1) is 9.21. The first-order valence-electron chi connectivity index (χ1n) is 7.20. The summed E-state index contributed by atoms with van der Waals surface area (Å²) >= 11 is 0. The number of hydrogen-bond acceptors (Lipinski definition) is 2. The lowest BCUT2D eigenvalue weighted by molar-refractivity contribution is -0.149. The van der Waals surface area contributed by atoms with E-state index >= 15 is 0 Å². The highest BCUT2D eigenvalue weighted by Gasteiger charge is 2.54. The van der Waals surface area contributed by atoms with Gasteiger partial charge in [0.15, 0.2) is 0 Å². The minimum absolute atomic E-state index is 0. The lowest BCUT2D eigenvalue weighted by Gasteiger charge is -2.23. The fraction of sp³-hybridized carbons (Fsp3) is 0.562. The van der Waals surface area contributed by atoms with E-state index in [0.29, 0.717) is 5.92 Å². The van der Waals surface area contributed by atoms with Gasteiger partial charge in [-0.1, -0.05) is 36.8 Å². The molecular weight excluding hydrogens is 274 g/mol. The van der Waals surface area contributed by atoms with Gasteiger partial charge in [-0.3, -0.25) is 4.79 Å². The highest BCUT2D eigenvalue weighted by Crippen LogP contribution is 2.48. The molecule has 3 nitrogen and oxygen atoms in total. The third-order valence-electron chi connectivity index (χ3n) is 4.93. The van der Waals surface area contributed by atoms with E-state index in [0.717, 1.165) is 45.3 Å². The van der Waals surface area contributed by atoms with Crippen molar-refractivity contribution in [2.45, 2.75) is 25.7 Å². The van der Waals surface area contributed by atoms with Gasteiger partial charge >= 0.3 is 5.97 Å². The molecule has 0 unspecified atom stereocenters. The van der Waals surface area contributed by atoms with Crippen molar-refractivity contribution >= 4 is 18.4 Å². The fourth-order valence-corrected chi connectivity index (χ4v) is 3.85. The molecule has 1 heterocycles. The quantitative estimate of drug-likeness (QED) is 0.928. The molecule has 1 saturated heterocycles. The number of carboxylic acid groups (broad SMARTS) is 1. The van der Waals surface area contributed by atoms with E-state index in [2.05, 4.69) is 29.2 Å². The topological polar surface area (TPSA) is 40.5 Å². The molecule has 0 radical (unpaired) electrons. The standard InChI is InChI=1S/C16H21NO2.ClH/c18-15(19)16-9-4-7-14(16)11-17(12-16)10-8-13-5-2-1-3-6-13;/h1-3,5-6,14H,4,7-12H2,(H,18,19);1H/t14-,16+;/m0./s1. The molecule has 2 atom stereocenters. The summed E-state index contributed by atoms with van der Waals surface area (Å²) in [5.41, 5.74) is 0.903. The second-order valence-corrected chi connectivity index (χ2v) is 6.02. The molecule has 2 fully saturated rings. The summed E-state index contributed by atoms with van der Waals surface area (Å²) in [5.74, 6) is -0.196. The Morgan fingerprint density at radius 3 is 2.75 bits per heavy atom. The van der Waals surface area contributed by atoms with Crippen LogP contribution in [0.1, 0.15) is 24.8 Å². The second-order valence-electron chi connectivity index (χ2n) is 6.02. The summed E-state index contributed by atoms with van der Waals surface area (Å²) in [6, 6.07) is 10.4. The van der Waals surface area contributed by atoms with Crippen molar-refractivity contribution in [3.05, 3.63) is 35.9 Å². The van der Waals surface area contributed by atoms with Crippen LogP contribution in [0.25, 0.3) is 0 Å². The smallest absolute Gasteiger partial charge is 0.311 e. The van der Waals surface area contributed by atoms with Crippen molar-refractivity contribution in [3.63, 3.8) is 0 Å². The molecule has 0 bridgehead atoms. The first-order valence-corrected chi connectivity index (χ1v) is 7.20. The molecule has 110 valence electrons. The Balaban J connectivity index is 0.00000147. The number of benzene rings is 1. The molecule has 3 rings (SSSR count). The van der Waals surface area contributed by atoms with E-state index < -0.39 is 11.4 Å². The number of rotatable bonds is 4. The Labute approximate surface area is 126 Å². The Hall–Kier alpha value is -1.06. The predicted molar refractivity (Wildman–Crippen MR) is 81.2 cm³/mol. The fourth-order valence-electron chi connectivity index (χ4n) is 3.85. The maximum Gasteiger partial charge on any atom is 0.311 e. The lowest BCUT2D eigenvalue weighted by Crippen LogP contribution is -2.36. The second kappa shape index (κ2) is 6.15. The van der Waals surface area contributed by atoms with Crippen molar-refractivity contribution in [3.8, 4) is 0 Å². The summed E-state index contributed by atoms with van der Waals surface area (Å²) in [7, 11) is 0. The van der Waals surface area contributed by atoms with Gasteiger partial charge in [-0.2, -0.15) is 0 Å². The van der Waals surface area contributed by atoms with Crippen LogP contribution in [0.3, 0.4) is 0 Å². The Kier molecular flexibility index (Phi) is 4.71. The van der Waals surface area contributed by atoms with E-state index in [9.17, 15) is 9.90 Å². The molecular formula is C16H22ClNO2. The molecule has 0 spiro atoms. The van der Waals surface area contributed by atoms with Crippen molar-refractivity contribution in [1.82, 2.24) is 4.90 Å². The van der Waals surface area contributed by atoms with Crippen LogP contribution < -0.4 is 0 Å². The van der Waals surface area contributed by atoms with Crippen molar-refractivity contribution in [2.75, 3.05) is 19.6 Å². The van der Waals surface area contributed by atoms with Crippen molar-refractivity contribution in [1.29, 1.82) is 0 Å². The van der Waals surface area contributed by atoms with Crippen LogP contribution >= 0.6 is 12.4 Å². The highest BCUT2D eigenvalue weighted by atomic mass is 35.5. The number of hydrogen-bond donors (Lipinski definition) is 1. The summed E-state index contributed by atoms with van der Waals surface area (Å²) in [5, 5.41) is 9.55. The molecule has 4 heteroatoms. The van der Waals surface area contributed by atoms with Gasteiger partial charge in [0.25, 0.3) is 0 Å². The van der Waals surface area contributed by atoms with Gasteiger partial charge < -0.3 is 10.0 Å². The monoisotopic (exact) mass is 295 g/mol. The van der Waals surface area contributed by atoms with Gasteiger partial charge in [-0.25, -0.2) is 0 Å². The molecule has 1 aromatic carbocycles. The van der Waals surface area contributed by atoms with Crippen LogP contribution in [0.4, 0.5) is 0 Å². The average molecular weight is 296 g/mol. The molecule has 1 aromatic rings. The van der Waals surface area contributed by atoms with Gasteiger partial charge in [0, 0.05) is 19.6 Å². The summed E-state index contributed by atoms with van der Waals surface area (Å²) in [6.07, 6.45) is 4.07. The zero-order valence-corrected chi connectivity index (χ0v) is 12.4. The Bertz CT molecular complexity index is 465. The molecule has 0 amide bonds. The molecule has 2 aliphatic rings. The summed E-state index contributed by atoms with van der Waals surface area (Å²) < 4.78 is 0. The average Bonchev–Trinajstić information content (AvgIpc) is 2.95. The minimum Gasteiger partial charge on any atom is -0.481 e. The summed E-state index contributed by atoms with van der Waals surface area (Å²) in [4.78, 5) is 14.0. The van der Waals surface area contributed by atoms with Crippen LogP contribution in [0, 0.1) is 11.3 Å². The van der Waals surface area contributed by atoms with Crippen molar-refractivity contribution < 1.29 is 9.90 Å². The number of nitrogens with zero attached hydrogens (tertiary/aromatic N) is 1. The molecule has 1 aliphatic heterocycles. The number of carboxylic acids is 1. The third kappa shape index (κ3) is 2.70. The normalized spacial score (nSPS) is 28.9. The highest BCUT2D eigenvalue weighted by molar-refractivity contribution is 5.85. The van der Waals surface area contributed by atoms with Gasteiger partial charge in [0.05, 0.1) is 5.41 Å². The van der Waals surface area contributed by atoms with E-state index in [1.165, 1.54) is 5.56 Å². The number of halogens is 1. The first kappa shape index (κ1) is 15.3. The van der Waals surface area contributed by atoms with Crippen LogP contribution in [-0.4, -0.2) is 35.6 Å². The zero-order valence-electron chi connectivity index (χ0n) is 11.6. The molecule has 0 aromatic heterocycles. The SMILES string of the molecule is Cl.O=C(O)[C@@]12CCC[C@H]1CN(CCc1ccccc1)C2. The zero-order chi connectivity index (χ0) is 13.3. The number of fused-ring (bicyclic) bond motifs is 1. The van der Waals surface area contributed by atoms with Gasteiger partial charge in [-0.05, 0) is 30.7 Å². The Morgan fingerprint density at radius 2 is 2.10 bits per heavy atom. The van der Waals surface area contributed by atoms with E-state index in [4.69, 9.17) is 0 Å². The maximum absolute atomic E-state index is 11.6. The molecule has 1 saturated carbocycles. The van der Waals surface area contributed by atoms with Gasteiger partial charge in [0.1, 0.15) is 0 Å². The van der Waals surface area contributed by atoms with Crippen LogP contribution in [0.5, 0.6) is 0 Å². The van der Waals surface area contributed by atoms with Gasteiger partial charge in [0.2, 0.25) is 0 Å². The van der Waals surface area contributed by atoms with Gasteiger partial charge in [-0.15, -0.1) is 12.4 Å².